The van der Waals surface area contributed by atoms with Crippen molar-refractivity contribution in [2.75, 3.05) is 6.61 Å². The third kappa shape index (κ3) is 6.43. The first kappa shape index (κ1) is 23.1. The molecule has 0 saturated carbocycles. The van der Waals surface area contributed by atoms with Crippen LogP contribution in [0.25, 0.3) is 0 Å². The van der Waals surface area contributed by atoms with E-state index in [-0.39, 0.29) is 11.9 Å². The fraction of sp³-hybridized carbons (Fsp3) is 0.304. The van der Waals surface area contributed by atoms with Gasteiger partial charge < -0.3 is 14.4 Å². The van der Waals surface area contributed by atoms with Crippen molar-refractivity contribution in [1.82, 2.24) is 4.90 Å². The van der Waals surface area contributed by atoms with E-state index in [0.717, 1.165) is 16.9 Å². The van der Waals surface area contributed by atoms with Crippen molar-refractivity contribution in [1.29, 1.82) is 0 Å². The van der Waals surface area contributed by atoms with E-state index in [2.05, 4.69) is 6.58 Å². The van der Waals surface area contributed by atoms with Gasteiger partial charge in [-0.05, 0) is 36.2 Å². The molecule has 2 aromatic carbocycles. The summed E-state index contributed by atoms with van der Waals surface area (Å²) < 4.78 is 5.69. The van der Waals surface area contributed by atoms with Gasteiger partial charge in [0.05, 0.1) is 18.7 Å². The predicted molar refractivity (Wildman–Crippen MR) is 117 cm³/mol. The van der Waals surface area contributed by atoms with Crippen molar-refractivity contribution in [3.63, 3.8) is 0 Å². The highest BCUT2D eigenvalue weighted by Crippen LogP contribution is 2.31. The number of rotatable bonds is 6. The molecule has 3 unspecified atom stereocenters. The van der Waals surface area contributed by atoms with Gasteiger partial charge in [-0.15, -0.1) is 6.58 Å². The van der Waals surface area contributed by atoms with Crippen LogP contribution in [0.2, 0.25) is 10.0 Å². The Labute approximate surface area is 182 Å². The summed E-state index contributed by atoms with van der Waals surface area (Å²) in [7, 11) is 0. The minimum atomic E-state index is -0.560. The summed E-state index contributed by atoms with van der Waals surface area (Å²) in [6.07, 6.45) is 2.94. The number of morpholine rings is 1. The predicted octanol–water partition coefficient (Wildman–Crippen LogP) is 5.50. The van der Waals surface area contributed by atoms with Gasteiger partial charge in [-0.1, -0.05) is 66.5 Å². The largest absolute Gasteiger partial charge is 0.366 e. The van der Waals surface area contributed by atoms with E-state index in [1.165, 1.54) is 0 Å². The molecular weight excluding hydrogens is 409 g/mol. The van der Waals surface area contributed by atoms with E-state index < -0.39 is 12.1 Å². The van der Waals surface area contributed by atoms with Gasteiger partial charge in [0.15, 0.2) is 0 Å². The Bertz CT molecular complexity index is 796. The highest BCUT2D eigenvalue weighted by atomic mass is 35.5. The number of carbonyl (C=O) groups excluding carboxylic acids is 2. The average Bonchev–Trinajstić information content (AvgIpc) is 2.73. The summed E-state index contributed by atoms with van der Waals surface area (Å²) >= 11 is 11.5. The zero-order valence-electron chi connectivity index (χ0n) is 16.3. The molecule has 29 heavy (non-hydrogen) atoms. The Kier molecular flexibility index (Phi) is 9.39. The summed E-state index contributed by atoms with van der Waals surface area (Å²) in [4.78, 5) is 25.7. The van der Waals surface area contributed by atoms with Gasteiger partial charge in [-0.25, -0.2) is 0 Å². The molecule has 2 aromatic rings. The lowest BCUT2D eigenvalue weighted by Gasteiger charge is -2.42. The minimum Gasteiger partial charge on any atom is -0.366 e. The van der Waals surface area contributed by atoms with Gasteiger partial charge in [0.25, 0.3) is 5.91 Å². The molecule has 0 spiro atoms. The Hall–Kier alpha value is -2.14. The molecule has 0 N–H and O–H groups in total. The van der Waals surface area contributed by atoms with Crippen LogP contribution in [0.5, 0.6) is 0 Å². The fourth-order valence-corrected chi connectivity index (χ4v) is 3.38. The standard InChI is InChI=1S/C17H20ClNO3.C6H5Cl/c1-3-5-16-17(21)19(14(4-2)10-20)15(11-22-16)12-6-8-13(18)9-7-12;7-6-4-2-1-3-5-6/h3,6-10,14-16H,1,4-5,11H2,2H3;1-5H. The van der Waals surface area contributed by atoms with Crippen LogP contribution in [0.15, 0.2) is 67.3 Å². The van der Waals surface area contributed by atoms with Gasteiger partial charge >= 0.3 is 0 Å². The van der Waals surface area contributed by atoms with Crippen molar-refractivity contribution in [3.05, 3.63) is 82.9 Å². The molecular formula is C23H25Cl2NO3. The second-order valence-electron chi connectivity index (χ2n) is 6.57. The Morgan fingerprint density at radius 2 is 1.76 bits per heavy atom. The molecule has 3 atom stereocenters. The second-order valence-corrected chi connectivity index (χ2v) is 7.44. The van der Waals surface area contributed by atoms with Crippen molar-refractivity contribution >= 4 is 35.4 Å². The Morgan fingerprint density at radius 1 is 1.14 bits per heavy atom. The van der Waals surface area contributed by atoms with E-state index in [4.69, 9.17) is 27.9 Å². The number of carbonyl (C=O) groups is 2. The molecule has 0 radical (unpaired) electrons. The summed E-state index contributed by atoms with van der Waals surface area (Å²) in [6.45, 7) is 5.90. The lowest BCUT2D eigenvalue weighted by Crippen LogP contribution is -2.54. The third-order valence-corrected chi connectivity index (χ3v) is 5.13. The summed E-state index contributed by atoms with van der Waals surface area (Å²) in [5.74, 6) is -0.162. The van der Waals surface area contributed by atoms with Gasteiger partial charge in [0, 0.05) is 16.5 Å². The lowest BCUT2D eigenvalue weighted by atomic mass is 9.99. The van der Waals surface area contributed by atoms with Crippen LogP contribution in [0, 0.1) is 0 Å². The third-order valence-electron chi connectivity index (χ3n) is 4.62. The minimum absolute atomic E-state index is 0.162. The molecule has 154 valence electrons. The zero-order chi connectivity index (χ0) is 21.2. The fourth-order valence-electron chi connectivity index (χ4n) is 3.11. The number of benzene rings is 2. The van der Waals surface area contributed by atoms with Crippen molar-refractivity contribution in [2.45, 2.75) is 38.0 Å². The van der Waals surface area contributed by atoms with E-state index in [9.17, 15) is 9.59 Å². The topological polar surface area (TPSA) is 46.6 Å². The molecule has 1 saturated heterocycles. The number of halogens is 2. The molecule has 1 heterocycles. The lowest BCUT2D eigenvalue weighted by molar-refractivity contribution is -0.164. The Morgan fingerprint density at radius 3 is 2.24 bits per heavy atom. The molecule has 0 bridgehead atoms. The van der Waals surface area contributed by atoms with Crippen LogP contribution in [-0.4, -0.2) is 35.8 Å². The van der Waals surface area contributed by atoms with E-state index in [0.29, 0.717) is 24.5 Å². The molecule has 0 aliphatic carbocycles. The molecule has 1 aliphatic heterocycles. The summed E-state index contributed by atoms with van der Waals surface area (Å²) in [5, 5.41) is 1.42. The molecule has 6 heteroatoms. The SMILES string of the molecule is C=CCC1OCC(c2ccc(Cl)cc2)N(C(C=O)CC)C1=O.Clc1ccccc1. The van der Waals surface area contributed by atoms with E-state index >= 15 is 0 Å². The first-order chi connectivity index (χ1) is 14.0. The van der Waals surface area contributed by atoms with Crippen molar-refractivity contribution < 1.29 is 14.3 Å². The molecule has 4 nitrogen and oxygen atoms in total. The number of amides is 1. The van der Waals surface area contributed by atoms with Crippen molar-refractivity contribution in [3.8, 4) is 0 Å². The summed E-state index contributed by atoms with van der Waals surface area (Å²) in [5.41, 5.74) is 0.912. The molecule has 1 fully saturated rings. The zero-order valence-corrected chi connectivity index (χ0v) is 17.9. The second kappa shape index (κ2) is 11.8. The maximum absolute atomic E-state index is 12.7. The van der Waals surface area contributed by atoms with E-state index in [1.807, 2.05) is 49.4 Å². The number of hydrogen-bond donors (Lipinski definition) is 0. The van der Waals surface area contributed by atoms with Crippen LogP contribution >= 0.6 is 23.2 Å². The van der Waals surface area contributed by atoms with Gasteiger partial charge in [-0.2, -0.15) is 0 Å². The van der Waals surface area contributed by atoms with Crippen LogP contribution in [0.1, 0.15) is 31.4 Å². The van der Waals surface area contributed by atoms with Gasteiger partial charge in [0.2, 0.25) is 0 Å². The smallest absolute Gasteiger partial charge is 0.253 e. The first-order valence-corrected chi connectivity index (χ1v) is 10.2. The van der Waals surface area contributed by atoms with Crippen molar-refractivity contribution in [2.24, 2.45) is 0 Å². The molecule has 1 amide bonds. The van der Waals surface area contributed by atoms with Crippen LogP contribution in [0.4, 0.5) is 0 Å². The number of aldehydes is 1. The number of ether oxygens (including phenoxy) is 1. The van der Waals surface area contributed by atoms with Crippen LogP contribution in [0.3, 0.4) is 0 Å². The van der Waals surface area contributed by atoms with Crippen LogP contribution in [-0.2, 0) is 14.3 Å². The molecule has 3 rings (SSSR count). The van der Waals surface area contributed by atoms with Gasteiger partial charge in [0.1, 0.15) is 12.4 Å². The quantitative estimate of drug-likeness (QED) is 0.446. The highest BCUT2D eigenvalue weighted by molar-refractivity contribution is 6.30. The Balaban J connectivity index is 0.000000360. The molecule has 1 aliphatic rings. The summed E-state index contributed by atoms with van der Waals surface area (Å²) in [6, 6.07) is 16.0. The average molecular weight is 434 g/mol. The van der Waals surface area contributed by atoms with Gasteiger partial charge in [-0.3, -0.25) is 4.79 Å². The highest BCUT2D eigenvalue weighted by Gasteiger charge is 2.39. The number of hydrogen-bond acceptors (Lipinski definition) is 3. The number of nitrogens with zero attached hydrogens (tertiary/aromatic N) is 1. The van der Waals surface area contributed by atoms with Crippen LogP contribution < -0.4 is 0 Å². The van der Waals surface area contributed by atoms with E-state index in [1.54, 1.807) is 23.1 Å². The normalized spacial score (nSPS) is 19.7. The maximum atomic E-state index is 12.7. The molecule has 0 aromatic heterocycles. The monoisotopic (exact) mass is 433 g/mol. The first-order valence-electron chi connectivity index (χ1n) is 9.47. The maximum Gasteiger partial charge on any atom is 0.253 e.